The van der Waals surface area contributed by atoms with Crippen LogP contribution in [0.3, 0.4) is 0 Å². The van der Waals surface area contributed by atoms with Gasteiger partial charge in [0.25, 0.3) is 5.69 Å². The number of non-ortho nitro benzene ring substituents is 1. The summed E-state index contributed by atoms with van der Waals surface area (Å²) < 4.78 is 27.5. The molecule has 0 spiro atoms. The SMILES string of the molecule is O=[N+]([O-])c1cccc(CNCc2c(F)ccc(Br)c2F)c1. The maximum Gasteiger partial charge on any atom is 0.269 e. The first-order valence-electron chi connectivity index (χ1n) is 6.05. The molecule has 4 nitrogen and oxygen atoms in total. The molecule has 2 rings (SSSR count). The van der Waals surface area contributed by atoms with Crippen LogP contribution in [0.2, 0.25) is 0 Å². The van der Waals surface area contributed by atoms with Crippen molar-refractivity contribution in [3.05, 3.63) is 73.7 Å². The fraction of sp³-hybridized carbons (Fsp3) is 0.143. The van der Waals surface area contributed by atoms with Crippen LogP contribution in [0.4, 0.5) is 14.5 Å². The van der Waals surface area contributed by atoms with Gasteiger partial charge in [-0.25, -0.2) is 8.78 Å². The van der Waals surface area contributed by atoms with Crippen LogP contribution in [0.25, 0.3) is 0 Å². The van der Waals surface area contributed by atoms with Crippen molar-refractivity contribution in [2.75, 3.05) is 0 Å². The lowest BCUT2D eigenvalue weighted by Crippen LogP contribution is -2.15. The Morgan fingerprint density at radius 2 is 1.95 bits per heavy atom. The van der Waals surface area contributed by atoms with Gasteiger partial charge in [-0.2, -0.15) is 0 Å². The molecule has 0 amide bonds. The molecule has 0 fully saturated rings. The van der Waals surface area contributed by atoms with Crippen molar-refractivity contribution in [1.82, 2.24) is 5.32 Å². The minimum atomic E-state index is -0.651. The van der Waals surface area contributed by atoms with E-state index in [2.05, 4.69) is 21.2 Å². The minimum Gasteiger partial charge on any atom is -0.308 e. The zero-order chi connectivity index (χ0) is 15.4. The van der Waals surface area contributed by atoms with Crippen LogP contribution in [-0.4, -0.2) is 4.92 Å². The van der Waals surface area contributed by atoms with Crippen LogP contribution in [0.15, 0.2) is 40.9 Å². The van der Waals surface area contributed by atoms with Crippen molar-refractivity contribution in [1.29, 1.82) is 0 Å². The van der Waals surface area contributed by atoms with Gasteiger partial charge in [0.05, 0.1) is 9.40 Å². The fourth-order valence-electron chi connectivity index (χ4n) is 1.84. The lowest BCUT2D eigenvalue weighted by atomic mass is 10.1. The number of rotatable bonds is 5. The minimum absolute atomic E-state index is 0.0141. The third kappa shape index (κ3) is 3.83. The number of nitrogens with one attached hydrogen (secondary N) is 1. The van der Waals surface area contributed by atoms with E-state index in [4.69, 9.17) is 0 Å². The number of hydrogen-bond donors (Lipinski definition) is 1. The van der Waals surface area contributed by atoms with Crippen LogP contribution in [0.5, 0.6) is 0 Å². The average Bonchev–Trinajstić information content (AvgIpc) is 2.47. The zero-order valence-electron chi connectivity index (χ0n) is 10.8. The molecule has 0 atom stereocenters. The van der Waals surface area contributed by atoms with Crippen molar-refractivity contribution in [3.8, 4) is 0 Å². The molecule has 0 saturated heterocycles. The summed E-state index contributed by atoms with van der Waals surface area (Å²) in [6.45, 7) is 0.257. The van der Waals surface area contributed by atoms with E-state index < -0.39 is 16.6 Å². The first kappa shape index (κ1) is 15.5. The van der Waals surface area contributed by atoms with Gasteiger partial charge in [-0.15, -0.1) is 0 Å². The molecule has 0 radical (unpaired) electrons. The third-order valence-electron chi connectivity index (χ3n) is 2.89. The number of halogens is 3. The van der Waals surface area contributed by atoms with Crippen molar-refractivity contribution >= 4 is 21.6 Å². The topological polar surface area (TPSA) is 55.2 Å². The average molecular weight is 357 g/mol. The molecule has 21 heavy (non-hydrogen) atoms. The second-order valence-corrected chi connectivity index (χ2v) is 5.21. The van der Waals surface area contributed by atoms with Gasteiger partial charge < -0.3 is 5.32 Å². The van der Waals surface area contributed by atoms with Gasteiger partial charge in [-0.05, 0) is 33.6 Å². The standard InChI is InChI=1S/C14H11BrF2N2O2/c15-12-4-5-13(16)11(14(12)17)8-18-7-9-2-1-3-10(6-9)19(20)21/h1-6,18H,7-8H2. The highest BCUT2D eigenvalue weighted by molar-refractivity contribution is 9.10. The summed E-state index contributed by atoms with van der Waals surface area (Å²) in [4.78, 5) is 10.2. The van der Waals surface area contributed by atoms with E-state index in [1.54, 1.807) is 12.1 Å². The highest BCUT2D eigenvalue weighted by Gasteiger charge is 2.12. The molecule has 2 aromatic rings. The van der Waals surface area contributed by atoms with Crippen molar-refractivity contribution in [3.63, 3.8) is 0 Å². The van der Waals surface area contributed by atoms with E-state index in [1.807, 2.05) is 0 Å². The fourth-order valence-corrected chi connectivity index (χ4v) is 2.21. The molecule has 0 heterocycles. The molecule has 0 bridgehead atoms. The van der Waals surface area contributed by atoms with Crippen molar-refractivity contribution in [2.45, 2.75) is 13.1 Å². The Bertz CT molecular complexity index is 680. The first-order chi connectivity index (χ1) is 9.99. The largest absolute Gasteiger partial charge is 0.308 e. The molecule has 110 valence electrons. The molecule has 0 aromatic heterocycles. The summed E-state index contributed by atoms with van der Waals surface area (Å²) in [5.74, 6) is -1.29. The maximum atomic E-state index is 13.7. The Morgan fingerprint density at radius 1 is 1.19 bits per heavy atom. The molecule has 7 heteroatoms. The Kier molecular flexibility index (Phi) is 4.98. The Balaban J connectivity index is 2.04. The van der Waals surface area contributed by atoms with E-state index in [1.165, 1.54) is 24.3 Å². The number of benzene rings is 2. The zero-order valence-corrected chi connectivity index (χ0v) is 12.4. The molecule has 2 aromatic carbocycles. The monoisotopic (exact) mass is 356 g/mol. The van der Waals surface area contributed by atoms with Crippen LogP contribution in [-0.2, 0) is 13.1 Å². The summed E-state index contributed by atoms with van der Waals surface area (Å²) in [6.07, 6.45) is 0. The van der Waals surface area contributed by atoms with Gasteiger partial charge in [0.15, 0.2) is 0 Å². The Hall–Kier alpha value is -1.86. The number of nitro benzene ring substituents is 1. The molecule has 0 aliphatic carbocycles. The van der Waals surface area contributed by atoms with Gasteiger partial charge in [-0.3, -0.25) is 10.1 Å². The molecular weight excluding hydrogens is 346 g/mol. The Labute approximate surface area is 128 Å². The van der Waals surface area contributed by atoms with Crippen LogP contribution in [0, 0.1) is 21.7 Å². The smallest absolute Gasteiger partial charge is 0.269 e. The molecule has 0 unspecified atom stereocenters. The van der Waals surface area contributed by atoms with Crippen molar-refractivity contribution < 1.29 is 13.7 Å². The number of hydrogen-bond acceptors (Lipinski definition) is 3. The van der Waals surface area contributed by atoms with Gasteiger partial charge in [0.2, 0.25) is 0 Å². The van der Waals surface area contributed by atoms with Crippen LogP contribution >= 0.6 is 15.9 Å². The number of nitrogens with zero attached hydrogens (tertiary/aromatic N) is 1. The van der Waals surface area contributed by atoms with Gasteiger partial charge >= 0.3 is 0 Å². The Morgan fingerprint density at radius 3 is 2.67 bits per heavy atom. The van der Waals surface area contributed by atoms with Crippen molar-refractivity contribution in [2.24, 2.45) is 0 Å². The third-order valence-corrected chi connectivity index (χ3v) is 3.50. The highest BCUT2D eigenvalue weighted by Crippen LogP contribution is 2.21. The summed E-state index contributed by atoms with van der Waals surface area (Å²) in [7, 11) is 0. The van der Waals surface area contributed by atoms with Crippen LogP contribution < -0.4 is 5.32 Å². The van der Waals surface area contributed by atoms with E-state index in [0.29, 0.717) is 5.56 Å². The highest BCUT2D eigenvalue weighted by atomic mass is 79.9. The summed E-state index contributed by atoms with van der Waals surface area (Å²) in [5, 5.41) is 13.5. The van der Waals surface area contributed by atoms with Gasteiger partial charge in [0.1, 0.15) is 11.6 Å². The number of nitro groups is 1. The predicted molar refractivity (Wildman–Crippen MR) is 77.7 cm³/mol. The van der Waals surface area contributed by atoms with Gasteiger partial charge in [0, 0.05) is 30.8 Å². The second kappa shape index (κ2) is 6.73. The lowest BCUT2D eigenvalue weighted by molar-refractivity contribution is -0.384. The van der Waals surface area contributed by atoms with E-state index in [-0.39, 0.29) is 28.8 Å². The first-order valence-corrected chi connectivity index (χ1v) is 6.84. The second-order valence-electron chi connectivity index (χ2n) is 4.35. The predicted octanol–water partition coefficient (Wildman–Crippen LogP) is 3.93. The molecule has 1 N–H and O–H groups in total. The molecule has 0 aliphatic heterocycles. The van der Waals surface area contributed by atoms with E-state index >= 15 is 0 Å². The summed E-state index contributed by atoms with van der Waals surface area (Å²) in [6, 6.07) is 8.55. The lowest BCUT2D eigenvalue weighted by Gasteiger charge is -2.08. The molecule has 0 aliphatic rings. The van der Waals surface area contributed by atoms with E-state index in [0.717, 1.165) is 0 Å². The molecular formula is C14H11BrF2N2O2. The summed E-state index contributed by atoms with van der Waals surface area (Å²) in [5.41, 5.74) is 0.573. The summed E-state index contributed by atoms with van der Waals surface area (Å²) >= 11 is 3.00. The normalized spacial score (nSPS) is 10.6. The van der Waals surface area contributed by atoms with Gasteiger partial charge in [-0.1, -0.05) is 12.1 Å². The van der Waals surface area contributed by atoms with E-state index in [9.17, 15) is 18.9 Å². The molecule has 0 saturated carbocycles. The van der Waals surface area contributed by atoms with Crippen LogP contribution in [0.1, 0.15) is 11.1 Å². The quantitative estimate of drug-likeness (QED) is 0.501. The maximum absolute atomic E-state index is 13.7.